The molecule has 0 amide bonds. The van der Waals surface area contributed by atoms with E-state index in [2.05, 4.69) is 17.1 Å². The maximum absolute atomic E-state index is 6.61. The Hall–Kier alpha value is -0.890. The van der Waals surface area contributed by atoms with Crippen molar-refractivity contribution in [1.82, 2.24) is 4.98 Å². The molecule has 0 radical (unpaired) electrons. The van der Waals surface area contributed by atoms with Gasteiger partial charge in [0.15, 0.2) is 0 Å². The molecule has 0 aromatic carbocycles. The van der Waals surface area contributed by atoms with Crippen LogP contribution < -0.4 is 5.73 Å². The van der Waals surface area contributed by atoms with Crippen molar-refractivity contribution in [1.29, 1.82) is 0 Å². The van der Waals surface area contributed by atoms with Crippen molar-refractivity contribution < 1.29 is 0 Å². The summed E-state index contributed by atoms with van der Waals surface area (Å²) < 4.78 is 0. The molecule has 0 spiro atoms. The van der Waals surface area contributed by atoms with Crippen molar-refractivity contribution in [2.75, 3.05) is 0 Å². The molecule has 86 valence electrons. The molecule has 0 saturated heterocycles. The van der Waals surface area contributed by atoms with Gasteiger partial charge in [-0.3, -0.25) is 4.98 Å². The molecule has 1 aromatic rings. The van der Waals surface area contributed by atoms with Crippen molar-refractivity contribution in [3.05, 3.63) is 29.6 Å². The Kier molecular flexibility index (Phi) is 2.47. The number of hydrogen-bond acceptors (Lipinski definition) is 2. The van der Waals surface area contributed by atoms with Gasteiger partial charge in [-0.1, -0.05) is 18.9 Å². The van der Waals surface area contributed by atoms with Gasteiger partial charge in [0.05, 0.1) is 0 Å². The van der Waals surface area contributed by atoms with Crippen LogP contribution in [-0.2, 0) is 6.42 Å². The predicted octanol–water partition coefficient (Wildman–Crippen LogP) is 2.77. The topological polar surface area (TPSA) is 38.9 Å². The first-order valence-electron chi connectivity index (χ1n) is 6.52. The Labute approximate surface area is 97.3 Å². The average Bonchev–Trinajstić information content (AvgIpc) is 2.77. The predicted molar refractivity (Wildman–Crippen MR) is 65.3 cm³/mol. The molecule has 2 heteroatoms. The molecule has 1 saturated carbocycles. The number of pyridine rings is 1. The highest BCUT2D eigenvalue weighted by Crippen LogP contribution is 2.44. The number of aromatic nitrogens is 1. The van der Waals surface area contributed by atoms with Crippen LogP contribution in [0.5, 0.6) is 0 Å². The van der Waals surface area contributed by atoms with Crippen LogP contribution >= 0.6 is 0 Å². The van der Waals surface area contributed by atoms with Crippen molar-refractivity contribution >= 4 is 0 Å². The van der Waals surface area contributed by atoms with E-state index in [1.165, 1.54) is 56.2 Å². The maximum Gasteiger partial charge on any atom is 0.0484 e. The van der Waals surface area contributed by atoms with Crippen molar-refractivity contribution in [3.63, 3.8) is 0 Å². The molecule has 1 atom stereocenters. The number of nitrogens with two attached hydrogens (primary N) is 1. The van der Waals surface area contributed by atoms with E-state index in [4.69, 9.17) is 5.73 Å². The average molecular weight is 216 g/mol. The molecule has 1 aromatic heterocycles. The van der Waals surface area contributed by atoms with Gasteiger partial charge >= 0.3 is 0 Å². The minimum Gasteiger partial charge on any atom is -0.324 e. The third-order valence-corrected chi connectivity index (χ3v) is 4.42. The molecule has 3 rings (SSSR count). The van der Waals surface area contributed by atoms with Crippen LogP contribution in [0.4, 0.5) is 0 Å². The van der Waals surface area contributed by atoms with E-state index >= 15 is 0 Å². The number of rotatable bonds is 1. The Morgan fingerprint density at radius 2 is 2.06 bits per heavy atom. The second-order valence-electron chi connectivity index (χ2n) is 5.43. The molecule has 2 nitrogen and oxygen atoms in total. The van der Waals surface area contributed by atoms with Crippen LogP contribution in [0.3, 0.4) is 0 Å². The van der Waals surface area contributed by atoms with Gasteiger partial charge < -0.3 is 5.73 Å². The first kappa shape index (κ1) is 10.3. The SMILES string of the molecule is NC1(C2CCCc3cccnc32)CCCC1. The molecule has 2 aliphatic rings. The first-order valence-corrected chi connectivity index (χ1v) is 6.52. The lowest BCUT2D eigenvalue weighted by atomic mass is 9.73. The summed E-state index contributed by atoms with van der Waals surface area (Å²) in [7, 11) is 0. The summed E-state index contributed by atoms with van der Waals surface area (Å²) >= 11 is 0. The van der Waals surface area contributed by atoms with Crippen molar-refractivity contribution in [2.24, 2.45) is 5.73 Å². The van der Waals surface area contributed by atoms with E-state index < -0.39 is 0 Å². The van der Waals surface area contributed by atoms with Crippen molar-refractivity contribution in [2.45, 2.75) is 56.4 Å². The zero-order chi connectivity index (χ0) is 11.0. The summed E-state index contributed by atoms with van der Waals surface area (Å²) in [5, 5.41) is 0. The molecule has 1 heterocycles. The van der Waals surface area contributed by atoms with Gasteiger partial charge in [-0.05, 0) is 43.7 Å². The lowest BCUT2D eigenvalue weighted by Gasteiger charge is -2.37. The number of fused-ring (bicyclic) bond motifs is 1. The zero-order valence-corrected chi connectivity index (χ0v) is 9.78. The number of aryl methyl sites for hydroxylation is 1. The van der Waals surface area contributed by atoms with E-state index in [0.717, 1.165) is 0 Å². The van der Waals surface area contributed by atoms with Gasteiger partial charge in [0.25, 0.3) is 0 Å². The normalized spacial score (nSPS) is 27.7. The molecule has 1 unspecified atom stereocenters. The zero-order valence-electron chi connectivity index (χ0n) is 9.78. The Balaban J connectivity index is 1.98. The van der Waals surface area contributed by atoms with Gasteiger partial charge in [0, 0.05) is 23.3 Å². The molecule has 2 aliphatic carbocycles. The van der Waals surface area contributed by atoms with Gasteiger partial charge in [0.2, 0.25) is 0 Å². The summed E-state index contributed by atoms with van der Waals surface area (Å²) in [5.41, 5.74) is 9.40. The van der Waals surface area contributed by atoms with Crippen LogP contribution in [0.25, 0.3) is 0 Å². The molecular weight excluding hydrogens is 196 g/mol. The number of nitrogens with zero attached hydrogens (tertiary/aromatic N) is 1. The summed E-state index contributed by atoms with van der Waals surface area (Å²) in [5.74, 6) is 0.514. The van der Waals surface area contributed by atoms with E-state index in [9.17, 15) is 0 Å². The van der Waals surface area contributed by atoms with Crippen LogP contribution in [0, 0.1) is 0 Å². The Morgan fingerprint density at radius 1 is 1.25 bits per heavy atom. The lowest BCUT2D eigenvalue weighted by Crippen LogP contribution is -2.44. The van der Waals surface area contributed by atoms with Gasteiger partial charge in [-0.15, -0.1) is 0 Å². The van der Waals surface area contributed by atoms with E-state index in [0.29, 0.717) is 5.92 Å². The van der Waals surface area contributed by atoms with E-state index in [1.54, 1.807) is 0 Å². The number of hydrogen-bond donors (Lipinski definition) is 1. The van der Waals surface area contributed by atoms with E-state index in [-0.39, 0.29) is 5.54 Å². The van der Waals surface area contributed by atoms with Gasteiger partial charge in [-0.2, -0.15) is 0 Å². The highest BCUT2D eigenvalue weighted by atomic mass is 14.8. The van der Waals surface area contributed by atoms with Crippen LogP contribution in [0.15, 0.2) is 18.3 Å². The fourth-order valence-electron chi connectivity index (χ4n) is 3.55. The second-order valence-corrected chi connectivity index (χ2v) is 5.43. The lowest BCUT2D eigenvalue weighted by molar-refractivity contribution is 0.314. The summed E-state index contributed by atoms with van der Waals surface area (Å²) in [6.07, 6.45) is 10.6. The van der Waals surface area contributed by atoms with Gasteiger partial charge in [0.1, 0.15) is 0 Å². The molecule has 1 fully saturated rings. The quantitative estimate of drug-likeness (QED) is 0.784. The third kappa shape index (κ3) is 1.56. The van der Waals surface area contributed by atoms with Gasteiger partial charge in [-0.25, -0.2) is 0 Å². The maximum atomic E-state index is 6.61. The monoisotopic (exact) mass is 216 g/mol. The largest absolute Gasteiger partial charge is 0.324 e. The molecular formula is C14H20N2. The summed E-state index contributed by atoms with van der Waals surface area (Å²) in [6.45, 7) is 0. The minimum absolute atomic E-state index is 0.0452. The third-order valence-electron chi connectivity index (χ3n) is 4.42. The summed E-state index contributed by atoms with van der Waals surface area (Å²) in [6, 6.07) is 4.28. The fraction of sp³-hybridized carbons (Fsp3) is 0.643. The Bertz CT molecular complexity index is 380. The molecule has 16 heavy (non-hydrogen) atoms. The Morgan fingerprint density at radius 3 is 2.88 bits per heavy atom. The standard InChI is InChI=1S/C14H20N2/c15-14(8-1-2-9-14)12-7-3-5-11-6-4-10-16-13(11)12/h4,6,10,12H,1-3,5,7-9,15H2. The van der Waals surface area contributed by atoms with Crippen molar-refractivity contribution in [3.8, 4) is 0 Å². The molecule has 0 bridgehead atoms. The van der Waals surface area contributed by atoms with Crippen LogP contribution in [-0.4, -0.2) is 10.5 Å². The molecule has 2 N–H and O–H groups in total. The van der Waals surface area contributed by atoms with E-state index in [1.807, 2.05) is 6.20 Å². The minimum atomic E-state index is 0.0452. The first-order chi connectivity index (χ1) is 7.80. The molecule has 0 aliphatic heterocycles. The highest BCUT2D eigenvalue weighted by molar-refractivity contribution is 5.29. The summed E-state index contributed by atoms with van der Waals surface area (Å²) in [4.78, 5) is 4.61. The fourth-order valence-corrected chi connectivity index (χ4v) is 3.55. The highest BCUT2D eigenvalue weighted by Gasteiger charge is 2.40. The van der Waals surface area contributed by atoms with Crippen LogP contribution in [0.2, 0.25) is 0 Å². The van der Waals surface area contributed by atoms with Crippen LogP contribution in [0.1, 0.15) is 55.7 Å². The smallest absolute Gasteiger partial charge is 0.0484 e. The second kappa shape index (κ2) is 3.85.